The number of imide groups is 1. The van der Waals surface area contributed by atoms with Crippen LogP contribution in [-0.2, 0) is 9.59 Å². The zero-order valence-electron chi connectivity index (χ0n) is 22.0. The van der Waals surface area contributed by atoms with E-state index in [2.05, 4.69) is 6.07 Å². The van der Waals surface area contributed by atoms with Gasteiger partial charge in [0.15, 0.2) is 5.78 Å². The molecule has 0 spiro atoms. The molecule has 0 bridgehead atoms. The predicted molar refractivity (Wildman–Crippen MR) is 153 cm³/mol. The Hall–Kier alpha value is -4.91. The minimum absolute atomic E-state index is 0.183. The van der Waals surface area contributed by atoms with Gasteiger partial charge in [0.1, 0.15) is 17.5 Å². The monoisotopic (exact) mass is 530 g/mol. The molecule has 7 nitrogen and oxygen atoms in total. The molecule has 4 atom stereocenters. The fourth-order valence-corrected chi connectivity index (χ4v) is 6.61. The van der Waals surface area contributed by atoms with Gasteiger partial charge in [-0.2, -0.15) is 0 Å². The maximum absolute atomic E-state index is 14.2. The topological polar surface area (TPSA) is 76.2 Å². The summed E-state index contributed by atoms with van der Waals surface area (Å²) in [6.07, 6.45) is 4.00. The molecule has 0 aromatic heterocycles. The summed E-state index contributed by atoms with van der Waals surface area (Å²) in [4.78, 5) is 45.8. The van der Waals surface area contributed by atoms with Gasteiger partial charge in [-0.1, -0.05) is 72.8 Å². The number of nitrogens with zero attached hydrogens (tertiary/aromatic N) is 2. The van der Waals surface area contributed by atoms with E-state index >= 15 is 0 Å². The standard InChI is InChI=1S/C33H26N2O5/c1-39-21-13-16-25(27(18-21)40-2)35-32(37)28-26-17-14-23-22-11-7-6-8-19(22)12-15-24(23)34(26)30(29(28)33(35)38)31(36)20-9-4-3-5-10-20/h3-18,26,28-30H,1-2H3/t26-,28-,29-,30+/m0/s1. The fraction of sp³-hybridized carbons (Fsp3) is 0.182. The van der Waals surface area contributed by atoms with Gasteiger partial charge in [0.2, 0.25) is 11.8 Å². The molecule has 0 unspecified atom stereocenters. The average molecular weight is 531 g/mol. The summed E-state index contributed by atoms with van der Waals surface area (Å²) < 4.78 is 10.8. The lowest BCUT2D eigenvalue weighted by molar-refractivity contribution is -0.122. The van der Waals surface area contributed by atoms with Gasteiger partial charge in [-0.25, -0.2) is 4.90 Å². The summed E-state index contributed by atoms with van der Waals surface area (Å²) in [6, 6.07) is 24.8. The van der Waals surface area contributed by atoms with Crippen molar-refractivity contribution < 1.29 is 23.9 Å². The summed E-state index contributed by atoms with van der Waals surface area (Å²) in [6.45, 7) is 0. The van der Waals surface area contributed by atoms with Gasteiger partial charge in [0.25, 0.3) is 0 Å². The van der Waals surface area contributed by atoms with Crippen LogP contribution in [0.5, 0.6) is 11.5 Å². The van der Waals surface area contributed by atoms with E-state index in [1.54, 1.807) is 30.3 Å². The predicted octanol–water partition coefficient (Wildman–Crippen LogP) is 5.13. The van der Waals surface area contributed by atoms with Gasteiger partial charge >= 0.3 is 0 Å². The normalized spacial score (nSPS) is 22.8. The molecular weight excluding hydrogens is 504 g/mol. The second-order valence-electron chi connectivity index (χ2n) is 10.3. The number of carbonyl (C=O) groups is 3. The second-order valence-corrected chi connectivity index (χ2v) is 10.3. The molecule has 2 saturated heterocycles. The average Bonchev–Trinajstić information content (AvgIpc) is 3.48. The van der Waals surface area contributed by atoms with Crippen molar-refractivity contribution in [1.82, 2.24) is 0 Å². The van der Waals surface area contributed by atoms with Crippen molar-refractivity contribution in [1.29, 1.82) is 0 Å². The highest BCUT2D eigenvalue weighted by Crippen LogP contribution is 2.51. The van der Waals surface area contributed by atoms with Gasteiger partial charge in [-0.3, -0.25) is 14.4 Å². The van der Waals surface area contributed by atoms with Crippen LogP contribution in [-0.4, -0.2) is 43.9 Å². The number of amides is 2. The van der Waals surface area contributed by atoms with Crippen molar-refractivity contribution in [3.05, 3.63) is 102 Å². The number of ether oxygens (including phenoxy) is 2. The number of hydrogen-bond acceptors (Lipinski definition) is 6. The molecule has 2 amide bonds. The van der Waals surface area contributed by atoms with Crippen LogP contribution >= 0.6 is 0 Å². The van der Waals surface area contributed by atoms with E-state index in [9.17, 15) is 14.4 Å². The third-order valence-corrected chi connectivity index (χ3v) is 8.37. The molecular formula is C33H26N2O5. The van der Waals surface area contributed by atoms with E-state index in [1.165, 1.54) is 19.1 Å². The lowest BCUT2D eigenvalue weighted by atomic mass is 9.86. The number of ketones is 1. The first-order valence-corrected chi connectivity index (χ1v) is 13.2. The summed E-state index contributed by atoms with van der Waals surface area (Å²) in [5, 5.41) is 2.14. The smallest absolute Gasteiger partial charge is 0.240 e. The summed E-state index contributed by atoms with van der Waals surface area (Å²) in [5.41, 5.74) is 2.68. The highest BCUT2D eigenvalue weighted by atomic mass is 16.5. The number of fused-ring (bicyclic) bond motifs is 7. The van der Waals surface area contributed by atoms with Gasteiger partial charge in [-0.15, -0.1) is 0 Å². The minimum atomic E-state index is -0.862. The van der Waals surface area contributed by atoms with Crippen LogP contribution in [0.4, 0.5) is 11.4 Å². The van der Waals surface area contributed by atoms with Gasteiger partial charge in [0.05, 0.1) is 37.8 Å². The molecule has 0 aliphatic carbocycles. The van der Waals surface area contributed by atoms with Crippen molar-refractivity contribution in [3.63, 3.8) is 0 Å². The van der Waals surface area contributed by atoms with Crippen LogP contribution in [0.3, 0.4) is 0 Å². The first-order chi connectivity index (χ1) is 19.5. The highest BCUT2D eigenvalue weighted by molar-refractivity contribution is 6.26. The number of hydrogen-bond donors (Lipinski definition) is 0. The molecule has 0 N–H and O–H groups in total. The number of benzene rings is 4. The summed E-state index contributed by atoms with van der Waals surface area (Å²) in [7, 11) is 3.02. The maximum atomic E-state index is 14.2. The zero-order valence-corrected chi connectivity index (χ0v) is 22.0. The Morgan fingerprint density at radius 2 is 1.50 bits per heavy atom. The number of rotatable bonds is 5. The third kappa shape index (κ3) is 3.33. The molecule has 4 aromatic rings. The van der Waals surface area contributed by atoms with Gasteiger partial charge < -0.3 is 14.4 Å². The van der Waals surface area contributed by atoms with Gasteiger partial charge in [-0.05, 0) is 29.0 Å². The van der Waals surface area contributed by atoms with E-state index in [0.29, 0.717) is 22.7 Å². The van der Waals surface area contributed by atoms with Crippen LogP contribution in [0, 0.1) is 11.8 Å². The molecule has 3 aliphatic heterocycles. The van der Waals surface area contributed by atoms with Crippen LogP contribution < -0.4 is 19.3 Å². The number of Topliss-reactive ketones (excluding diaryl/α,β-unsaturated/α-hetero) is 1. The lowest BCUT2D eigenvalue weighted by Crippen LogP contribution is -2.48. The van der Waals surface area contributed by atoms with Crippen molar-refractivity contribution in [2.24, 2.45) is 11.8 Å². The van der Waals surface area contributed by atoms with Crippen LogP contribution in [0.15, 0.2) is 91.0 Å². The fourth-order valence-electron chi connectivity index (χ4n) is 6.61. The molecule has 3 heterocycles. The highest BCUT2D eigenvalue weighted by Gasteiger charge is 2.64. The first kappa shape index (κ1) is 24.2. The van der Waals surface area contributed by atoms with Crippen molar-refractivity contribution in [3.8, 4) is 11.5 Å². The summed E-state index contributed by atoms with van der Waals surface area (Å²) in [5.74, 6) is -1.63. The molecule has 0 saturated carbocycles. The molecule has 40 heavy (non-hydrogen) atoms. The molecule has 0 radical (unpaired) electrons. The SMILES string of the molecule is COc1ccc(N2C(=O)[C@@H]3[C@H](C2=O)[C@H](C(=O)c2ccccc2)N2c4ccc5ccccc5c4C=C[C@@H]32)c(OC)c1. The van der Waals surface area contributed by atoms with Crippen LogP contribution in [0.2, 0.25) is 0 Å². The molecule has 2 fully saturated rings. The minimum Gasteiger partial charge on any atom is -0.497 e. The largest absolute Gasteiger partial charge is 0.497 e. The van der Waals surface area contributed by atoms with Crippen molar-refractivity contribution in [2.45, 2.75) is 12.1 Å². The quantitative estimate of drug-likeness (QED) is 0.263. The number of methoxy groups -OCH3 is 2. The maximum Gasteiger partial charge on any atom is 0.240 e. The lowest BCUT2D eigenvalue weighted by Gasteiger charge is -2.37. The second kappa shape index (κ2) is 9.09. The molecule has 3 aliphatic rings. The van der Waals surface area contributed by atoms with E-state index < -0.39 is 29.8 Å². The first-order valence-electron chi connectivity index (χ1n) is 13.2. The van der Waals surface area contributed by atoms with E-state index in [0.717, 1.165) is 22.0 Å². The Bertz CT molecular complexity index is 1730. The van der Waals surface area contributed by atoms with Crippen LogP contribution in [0.1, 0.15) is 15.9 Å². The Balaban J connectivity index is 1.39. The Kier molecular flexibility index (Phi) is 5.49. The zero-order chi connectivity index (χ0) is 27.5. The summed E-state index contributed by atoms with van der Waals surface area (Å²) >= 11 is 0. The third-order valence-electron chi connectivity index (χ3n) is 8.37. The molecule has 198 valence electrons. The van der Waals surface area contributed by atoms with Crippen LogP contribution in [0.25, 0.3) is 16.8 Å². The molecule has 4 aromatic carbocycles. The van der Waals surface area contributed by atoms with E-state index in [4.69, 9.17) is 9.47 Å². The number of carbonyl (C=O) groups excluding carboxylic acids is 3. The molecule has 7 heteroatoms. The Morgan fingerprint density at radius 3 is 2.27 bits per heavy atom. The Labute approximate surface area is 231 Å². The van der Waals surface area contributed by atoms with Gasteiger partial charge in [0, 0.05) is 22.9 Å². The van der Waals surface area contributed by atoms with E-state index in [1.807, 2.05) is 65.6 Å². The van der Waals surface area contributed by atoms with Crippen molar-refractivity contribution in [2.75, 3.05) is 24.0 Å². The number of anilines is 2. The van der Waals surface area contributed by atoms with Crippen molar-refractivity contribution >= 4 is 45.8 Å². The Morgan fingerprint density at radius 1 is 0.775 bits per heavy atom. The van der Waals surface area contributed by atoms with E-state index in [-0.39, 0.29) is 11.7 Å². The molecule has 7 rings (SSSR count).